The van der Waals surface area contributed by atoms with Crippen LogP contribution in [0.1, 0.15) is 19.0 Å². The van der Waals surface area contributed by atoms with Gasteiger partial charge in [-0.15, -0.1) is 0 Å². The zero-order valence-electron chi connectivity index (χ0n) is 11.5. The smallest absolute Gasteiger partial charge is 0.251 e. The van der Waals surface area contributed by atoms with E-state index in [1.54, 1.807) is 6.92 Å². The lowest BCUT2D eigenvalue weighted by molar-refractivity contribution is 0.318. The Morgan fingerprint density at radius 1 is 1.45 bits per heavy atom. The number of H-pyrrole nitrogens is 1. The number of anilines is 1. The molecule has 2 aromatic rings. The number of benzene rings is 1. The van der Waals surface area contributed by atoms with Crippen molar-refractivity contribution in [1.29, 1.82) is 0 Å². The molecular formula is C14H17N3O2S. The van der Waals surface area contributed by atoms with Crippen LogP contribution in [0.4, 0.5) is 5.69 Å². The van der Waals surface area contributed by atoms with Crippen LogP contribution in [0.25, 0.3) is 0 Å². The second-order valence-electron chi connectivity index (χ2n) is 4.31. The second-order valence-corrected chi connectivity index (χ2v) is 5.34. The molecule has 0 aliphatic heterocycles. The van der Waals surface area contributed by atoms with Gasteiger partial charge in [-0.2, -0.15) is 0 Å². The van der Waals surface area contributed by atoms with E-state index in [9.17, 15) is 4.79 Å². The van der Waals surface area contributed by atoms with Crippen LogP contribution in [0.3, 0.4) is 0 Å². The van der Waals surface area contributed by atoms with Crippen molar-refractivity contribution in [3.05, 3.63) is 40.3 Å². The molecule has 0 saturated heterocycles. The van der Waals surface area contributed by atoms with Crippen LogP contribution in [0.5, 0.6) is 5.75 Å². The van der Waals surface area contributed by atoms with Crippen LogP contribution in [0.2, 0.25) is 0 Å². The topological polar surface area (TPSA) is 81.0 Å². The number of aromatic nitrogens is 2. The van der Waals surface area contributed by atoms with Gasteiger partial charge in [-0.05, 0) is 37.2 Å². The highest BCUT2D eigenvalue weighted by atomic mass is 32.2. The molecule has 2 rings (SSSR count). The number of ether oxygens (including phenoxy) is 1. The molecule has 0 saturated carbocycles. The van der Waals surface area contributed by atoms with Gasteiger partial charge in [0.05, 0.1) is 12.3 Å². The Kier molecular flexibility index (Phi) is 4.68. The molecule has 0 amide bonds. The van der Waals surface area contributed by atoms with E-state index < -0.39 is 0 Å². The zero-order chi connectivity index (χ0) is 14.5. The summed E-state index contributed by atoms with van der Waals surface area (Å²) in [6, 6.07) is 7.04. The van der Waals surface area contributed by atoms with Crippen molar-refractivity contribution in [1.82, 2.24) is 9.97 Å². The number of hydrogen-bond donors (Lipinski definition) is 2. The van der Waals surface area contributed by atoms with Crippen LogP contribution < -0.4 is 16.0 Å². The van der Waals surface area contributed by atoms with E-state index >= 15 is 0 Å². The molecule has 1 heterocycles. The molecule has 0 spiro atoms. The normalized spacial score (nSPS) is 10.5. The quantitative estimate of drug-likeness (QED) is 0.653. The molecule has 3 N–H and O–H groups in total. The maximum absolute atomic E-state index is 11.4. The summed E-state index contributed by atoms with van der Waals surface area (Å²) in [5.74, 6) is 0.659. The first-order chi connectivity index (χ1) is 9.60. The van der Waals surface area contributed by atoms with Crippen molar-refractivity contribution in [3.63, 3.8) is 0 Å². The number of nitrogens with one attached hydrogen (secondary N) is 1. The van der Waals surface area contributed by atoms with Gasteiger partial charge < -0.3 is 15.5 Å². The summed E-state index contributed by atoms with van der Waals surface area (Å²) in [7, 11) is 0. The van der Waals surface area contributed by atoms with Crippen LogP contribution >= 0.6 is 11.8 Å². The second kappa shape index (κ2) is 6.47. The minimum atomic E-state index is -0.169. The SMILES string of the molecule is CCCOc1cccc(Sc2nc(C)cc(=O)[nH]2)c1N. The number of aromatic amines is 1. The highest BCUT2D eigenvalue weighted by Crippen LogP contribution is 2.35. The van der Waals surface area contributed by atoms with E-state index in [1.165, 1.54) is 17.8 Å². The van der Waals surface area contributed by atoms with E-state index in [2.05, 4.69) is 9.97 Å². The van der Waals surface area contributed by atoms with E-state index in [-0.39, 0.29) is 5.56 Å². The van der Waals surface area contributed by atoms with Crippen molar-refractivity contribution < 1.29 is 4.74 Å². The number of nitrogen functional groups attached to an aromatic ring is 1. The van der Waals surface area contributed by atoms with Crippen LogP contribution in [-0.4, -0.2) is 16.6 Å². The highest BCUT2D eigenvalue weighted by molar-refractivity contribution is 7.99. The highest BCUT2D eigenvalue weighted by Gasteiger charge is 2.09. The molecular weight excluding hydrogens is 274 g/mol. The van der Waals surface area contributed by atoms with Gasteiger partial charge >= 0.3 is 0 Å². The van der Waals surface area contributed by atoms with E-state index in [0.29, 0.717) is 28.9 Å². The maximum atomic E-state index is 11.4. The van der Waals surface area contributed by atoms with Gasteiger partial charge in [0.15, 0.2) is 5.16 Å². The lowest BCUT2D eigenvalue weighted by atomic mass is 10.3. The van der Waals surface area contributed by atoms with Gasteiger partial charge in [0, 0.05) is 16.7 Å². The standard InChI is InChI=1S/C14H17N3O2S/c1-3-7-19-10-5-4-6-11(13(10)15)20-14-16-9(2)8-12(18)17-14/h4-6,8H,3,7,15H2,1-2H3,(H,16,17,18). The number of nitrogens with two attached hydrogens (primary N) is 1. The van der Waals surface area contributed by atoms with Crippen molar-refractivity contribution >= 4 is 17.4 Å². The average Bonchev–Trinajstić information content (AvgIpc) is 2.38. The largest absolute Gasteiger partial charge is 0.491 e. The molecule has 20 heavy (non-hydrogen) atoms. The summed E-state index contributed by atoms with van der Waals surface area (Å²) in [6.45, 7) is 4.44. The lowest BCUT2D eigenvalue weighted by Crippen LogP contribution is -2.08. The summed E-state index contributed by atoms with van der Waals surface area (Å²) in [5, 5.41) is 0.523. The Bertz CT molecular complexity index is 655. The molecule has 0 unspecified atom stereocenters. The summed E-state index contributed by atoms with van der Waals surface area (Å²) in [5.41, 5.74) is 7.15. The summed E-state index contributed by atoms with van der Waals surface area (Å²) < 4.78 is 5.58. The monoisotopic (exact) mass is 291 g/mol. The molecule has 0 radical (unpaired) electrons. The van der Waals surface area contributed by atoms with Gasteiger partial charge in [-0.1, -0.05) is 13.0 Å². The number of aryl methyl sites for hydroxylation is 1. The van der Waals surface area contributed by atoms with E-state index in [4.69, 9.17) is 10.5 Å². The first-order valence-electron chi connectivity index (χ1n) is 6.37. The fraction of sp³-hybridized carbons (Fsp3) is 0.286. The number of rotatable bonds is 5. The van der Waals surface area contributed by atoms with Crippen molar-refractivity contribution in [3.8, 4) is 5.75 Å². The fourth-order valence-electron chi connectivity index (χ4n) is 1.65. The van der Waals surface area contributed by atoms with Gasteiger partial charge in [-0.25, -0.2) is 4.98 Å². The predicted molar refractivity (Wildman–Crippen MR) is 80.4 cm³/mol. The molecule has 0 fully saturated rings. The first-order valence-corrected chi connectivity index (χ1v) is 7.19. The number of hydrogen-bond acceptors (Lipinski definition) is 5. The molecule has 0 atom stereocenters. The van der Waals surface area contributed by atoms with Crippen LogP contribution in [0.15, 0.2) is 39.1 Å². The molecule has 0 aliphatic carbocycles. The van der Waals surface area contributed by atoms with E-state index in [0.717, 1.165) is 11.3 Å². The van der Waals surface area contributed by atoms with Crippen molar-refractivity contribution in [2.75, 3.05) is 12.3 Å². The van der Waals surface area contributed by atoms with Crippen LogP contribution in [0, 0.1) is 6.92 Å². The number of para-hydroxylation sites is 1. The number of nitrogens with zero attached hydrogens (tertiary/aromatic N) is 1. The Morgan fingerprint density at radius 3 is 2.95 bits per heavy atom. The summed E-state index contributed by atoms with van der Waals surface area (Å²) in [6.07, 6.45) is 0.920. The summed E-state index contributed by atoms with van der Waals surface area (Å²) in [4.78, 5) is 19.2. The minimum absolute atomic E-state index is 0.169. The Morgan fingerprint density at radius 2 is 2.25 bits per heavy atom. The van der Waals surface area contributed by atoms with Gasteiger partial charge in [0.1, 0.15) is 5.75 Å². The van der Waals surface area contributed by atoms with Crippen molar-refractivity contribution in [2.45, 2.75) is 30.3 Å². The molecule has 1 aromatic heterocycles. The third kappa shape index (κ3) is 3.54. The maximum Gasteiger partial charge on any atom is 0.251 e. The molecule has 106 valence electrons. The lowest BCUT2D eigenvalue weighted by Gasteiger charge is -2.11. The molecule has 0 aliphatic rings. The Hall–Kier alpha value is -1.95. The van der Waals surface area contributed by atoms with E-state index in [1.807, 2.05) is 25.1 Å². The van der Waals surface area contributed by atoms with Crippen molar-refractivity contribution in [2.24, 2.45) is 0 Å². The fourth-order valence-corrected chi connectivity index (χ4v) is 2.56. The minimum Gasteiger partial charge on any atom is -0.491 e. The Labute approximate surface area is 121 Å². The van der Waals surface area contributed by atoms with Gasteiger partial charge in [0.2, 0.25) is 0 Å². The van der Waals surface area contributed by atoms with Gasteiger partial charge in [0.25, 0.3) is 5.56 Å². The third-order valence-corrected chi connectivity index (χ3v) is 3.51. The molecule has 0 bridgehead atoms. The molecule has 1 aromatic carbocycles. The van der Waals surface area contributed by atoms with Gasteiger partial charge in [-0.3, -0.25) is 4.79 Å². The first kappa shape index (κ1) is 14.5. The Balaban J connectivity index is 2.27. The zero-order valence-corrected chi connectivity index (χ0v) is 12.3. The molecule has 5 nitrogen and oxygen atoms in total. The summed E-state index contributed by atoms with van der Waals surface area (Å²) >= 11 is 1.32. The average molecular weight is 291 g/mol. The van der Waals surface area contributed by atoms with Crippen LogP contribution in [-0.2, 0) is 0 Å². The molecule has 6 heteroatoms. The third-order valence-electron chi connectivity index (χ3n) is 2.54. The predicted octanol–water partition coefficient (Wildman–Crippen LogP) is 2.60.